The number of carbonyl (C=O) groups excluding carboxylic acids is 2. The van der Waals surface area contributed by atoms with Gasteiger partial charge in [0.25, 0.3) is 0 Å². The molecule has 280 valence electrons. The minimum Gasteiger partial charge on any atom is -0.463 e. The number of allylic oxidation sites excluding steroid dienone is 11. The molecule has 0 aliphatic carbocycles. The van der Waals surface area contributed by atoms with Crippen molar-refractivity contribution in [3.8, 4) is 0 Å². The fourth-order valence-corrected chi connectivity index (χ4v) is 5.03. The van der Waals surface area contributed by atoms with Crippen molar-refractivity contribution < 1.29 is 29.3 Å². The maximum Gasteiger partial charge on any atom is 0.305 e. The zero-order valence-electron chi connectivity index (χ0n) is 31.5. The molecule has 0 rings (SSSR count). The number of carbonyl (C=O) groups is 2. The lowest BCUT2D eigenvalue weighted by Crippen LogP contribution is -2.25. The molecule has 0 heterocycles. The van der Waals surface area contributed by atoms with E-state index in [1.165, 1.54) is 64.2 Å². The van der Waals surface area contributed by atoms with Crippen LogP contribution in [-0.4, -0.2) is 47.6 Å². The summed E-state index contributed by atoms with van der Waals surface area (Å²) in [6.07, 6.45) is 44.3. The van der Waals surface area contributed by atoms with E-state index in [0.717, 1.165) is 57.3 Å². The van der Waals surface area contributed by atoms with Crippen molar-refractivity contribution in [3.63, 3.8) is 0 Å². The number of esters is 2. The normalized spacial score (nSPS) is 13.8. The number of hydrogen-bond acceptors (Lipinski definition) is 6. The van der Waals surface area contributed by atoms with Crippen LogP contribution in [0.1, 0.15) is 156 Å². The van der Waals surface area contributed by atoms with Crippen LogP contribution in [0.2, 0.25) is 0 Å². The van der Waals surface area contributed by atoms with Crippen LogP contribution >= 0.6 is 0 Å². The third-order valence-corrected chi connectivity index (χ3v) is 8.00. The van der Waals surface area contributed by atoms with Crippen molar-refractivity contribution in [2.24, 2.45) is 5.92 Å². The van der Waals surface area contributed by atoms with Gasteiger partial charge in [0.05, 0.1) is 6.10 Å². The Morgan fingerprint density at radius 3 is 1.45 bits per heavy atom. The topological polar surface area (TPSA) is 93.1 Å². The van der Waals surface area contributed by atoms with Crippen LogP contribution in [0.5, 0.6) is 0 Å². The van der Waals surface area contributed by atoms with Crippen LogP contribution < -0.4 is 0 Å². The Bertz CT molecular complexity index is 942. The SMILES string of the molecule is CC/C=C\C/C=C\C/C=C\C/C=C\C/C=C\C=C/C(O)CCC(=O)OC[C@H](O)COC(=O)CCCCCCCCCCCCCCC(C)C. The predicted molar refractivity (Wildman–Crippen MR) is 206 cm³/mol. The molecule has 0 saturated carbocycles. The van der Waals surface area contributed by atoms with Gasteiger partial charge in [0.1, 0.15) is 19.3 Å². The lowest BCUT2D eigenvalue weighted by atomic mass is 10.0. The average Bonchev–Trinajstić information content (AvgIpc) is 3.08. The van der Waals surface area contributed by atoms with Crippen LogP contribution in [-0.2, 0) is 19.1 Å². The molecule has 0 bridgehead atoms. The number of hydrogen-bond donors (Lipinski definition) is 2. The molecule has 0 aromatic heterocycles. The average molecular weight is 685 g/mol. The minimum atomic E-state index is -1.06. The molecular weight excluding hydrogens is 612 g/mol. The van der Waals surface area contributed by atoms with Gasteiger partial charge in [-0.2, -0.15) is 0 Å². The molecule has 0 aromatic carbocycles. The first-order chi connectivity index (χ1) is 23.8. The first kappa shape index (κ1) is 46.3. The molecule has 6 heteroatoms. The molecule has 0 radical (unpaired) electrons. The van der Waals surface area contributed by atoms with E-state index in [-0.39, 0.29) is 32.0 Å². The van der Waals surface area contributed by atoms with Crippen molar-refractivity contribution in [1.29, 1.82) is 0 Å². The summed E-state index contributed by atoms with van der Waals surface area (Å²) in [7, 11) is 0. The van der Waals surface area contributed by atoms with Crippen LogP contribution in [0.25, 0.3) is 0 Å². The second-order valence-electron chi connectivity index (χ2n) is 13.4. The molecule has 0 fully saturated rings. The van der Waals surface area contributed by atoms with E-state index < -0.39 is 18.2 Å². The van der Waals surface area contributed by atoms with Gasteiger partial charge in [-0.15, -0.1) is 0 Å². The first-order valence-electron chi connectivity index (χ1n) is 19.5. The molecular formula is C43H72O6. The minimum absolute atomic E-state index is 0.0300. The van der Waals surface area contributed by atoms with Crippen LogP contribution in [0, 0.1) is 5.92 Å². The first-order valence-corrected chi connectivity index (χ1v) is 19.5. The summed E-state index contributed by atoms with van der Waals surface area (Å²) in [4.78, 5) is 23.9. The smallest absolute Gasteiger partial charge is 0.305 e. The Balaban J connectivity index is 3.70. The molecule has 1 unspecified atom stereocenters. The summed E-state index contributed by atoms with van der Waals surface area (Å²) in [5, 5.41) is 20.1. The molecule has 49 heavy (non-hydrogen) atoms. The lowest BCUT2D eigenvalue weighted by Gasteiger charge is -2.12. The highest BCUT2D eigenvalue weighted by Gasteiger charge is 2.13. The van der Waals surface area contributed by atoms with E-state index in [1.807, 2.05) is 12.2 Å². The highest BCUT2D eigenvalue weighted by atomic mass is 16.6. The number of unbranched alkanes of at least 4 members (excludes halogenated alkanes) is 11. The summed E-state index contributed by atoms with van der Waals surface area (Å²) < 4.78 is 10.2. The van der Waals surface area contributed by atoms with Gasteiger partial charge in [-0.3, -0.25) is 9.59 Å². The third kappa shape index (κ3) is 38.0. The summed E-state index contributed by atoms with van der Waals surface area (Å²) in [5.74, 6) is -0.0120. The van der Waals surface area contributed by atoms with Gasteiger partial charge in [0.15, 0.2) is 0 Å². The Hall–Kier alpha value is -2.70. The van der Waals surface area contributed by atoms with Crippen LogP contribution in [0.4, 0.5) is 0 Å². The molecule has 0 aliphatic heterocycles. The molecule has 2 atom stereocenters. The molecule has 0 aliphatic rings. The lowest BCUT2D eigenvalue weighted by molar-refractivity contribution is -0.152. The van der Waals surface area contributed by atoms with Gasteiger partial charge < -0.3 is 19.7 Å². The summed E-state index contributed by atoms with van der Waals surface area (Å²) >= 11 is 0. The highest BCUT2D eigenvalue weighted by molar-refractivity contribution is 5.69. The summed E-state index contributed by atoms with van der Waals surface area (Å²) in [6.45, 7) is 6.30. The third-order valence-electron chi connectivity index (χ3n) is 8.00. The van der Waals surface area contributed by atoms with Crippen molar-refractivity contribution in [2.45, 2.75) is 168 Å². The van der Waals surface area contributed by atoms with E-state index in [4.69, 9.17) is 9.47 Å². The fourth-order valence-electron chi connectivity index (χ4n) is 5.03. The maximum absolute atomic E-state index is 12.0. The van der Waals surface area contributed by atoms with E-state index >= 15 is 0 Å². The van der Waals surface area contributed by atoms with Crippen molar-refractivity contribution in [1.82, 2.24) is 0 Å². The van der Waals surface area contributed by atoms with Gasteiger partial charge in [0, 0.05) is 12.8 Å². The standard InChI is InChI=1S/C43H72O6/c1-4-5-6-7-8-9-10-11-12-13-14-18-21-24-27-30-33-40(44)35-36-43(47)49-38-41(45)37-48-42(46)34-31-28-25-22-19-16-15-17-20-23-26-29-32-39(2)3/h5-6,8-9,11-12,14,18,24,27,30,33,39-41,44-45H,4,7,10,13,15-17,19-23,25-26,28-29,31-32,34-38H2,1-3H3/b6-5-,9-8-,12-11-,18-14-,27-24-,33-30-/t40?,41-/m1/s1. The van der Waals surface area contributed by atoms with E-state index in [2.05, 4.69) is 69.4 Å². The van der Waals surface area contributed by atoms with Crippen molar-refractivity contribution in [3.05, 3.63) is 72.9 Å². The zero-order valence-corrected chi connectivity index (χ0v) is 31.5. The fraction of sp³-hybridized carbons (Fsp3) is 0.674. The number of aliphatic hydroxyl groups excluding tert-OH is 2. The highest BCUT2D eigenvalue weighted by Crippen LogP contribution is 2.14. The Kier molecular flexibility index (Phi) is 34.6. The Morgan fingerprint density at radius 1 is 0.531 bits per heavy atom. The van der Waals surface area contributed by atoms with Gasteiger partial charge in [-0.05, 0) is 50.9 Å². The molecule has 0 aromatic rings. The summed E-state index contributed by atoms with van der Waals surface area (Å²) in [5.41, 5.74) is 0. The van der Waals surface area contributed by atoms with E-state index in [9.17, 15) is 19.8 Å². The second kappa shape index (κ2) is 36.6. The van der Waals surface area contributed by atoms with Crippen LogP contribution in [0.3, 0.4) is 0 Å². The van der Waals surface area contributed by atoms with Gasteiger partial charge >= 0.3 is 11.9 Å². The van der Waals surface area contributed by atoms with Crippen molar-refractivity contribution >= 4 is 11.9 Å². The zero-order chi connectivity index (χ0) is 36.0. The predicted octanol–water partition coefficient (Wildman–Crippen LogP) is 11.0. The molecule has 0 spiro atoms. The Labute approximate surface area is 300 Å². The molecule has 6 nitrogen and oxygen atoms in total. The number of aliphatic hydroxyl groups is 2. The quantitative estimate of drug-likeness (QED) is 0.0309. The summed E-state index contributed by atoms with van der Waals surface area (Å²) in [6, 6.07) is 0. The van der Waals surface area contributed by atoms with Gasteiger partial charge in [-0.25, -0.2) is 0 Å². The van der Waals surface area contributed by atoms with Gasteiger partial charge in [-0.1, -0.05) is 171 Å². The number of rotatable bonds is 33. The van der Waals surface area contributed by atoms with Gasteiger partial charge in [0.2, 0.25) is 0 Å². The monoisotopic (exact) mass is 685 g/mol. The van der Waals surface area contributed by atoms with E-state index in [0.29, 0.717) is 6.42 Å². The molecule has 0 saturated heterocycles. The second-order valence-corrected chi connectivity index (χ2v) is 13.4. The molecule has 0 amide bonds. The largest absolute Gasteiger partial charge is 0.463 e. The molecule has 2 N–H and O–H groups in total. The Morgan fingerprint density at radius 2 is 0.959 bits per heavy atom. The number of ether oxygens (including phenoxy) is 2. The van der Waals surface area contributed by atoms with Crippen LogP contribution in [0.15, 0.2) is 72.9 Å². The van der Waals surface area contributed by atoms with Crippen molar-refractivity contribution in [2.75, 3.05) is 13.2 Å². The maximum atomic E-state index is 12.0. The van der Waals surface area contributed by atoms with E-state index in [1.54, 1.807) is 12.2 Å².